The van der Waals surface area contributed by atoms with Gasteiger partial charge in [0.15, 0.2) is 0 Å². The second kappa shape index (κ2) is 5.70. The number of urea groups is 1. The van der Waals surface area contributed by atoms with E-state index in [1.54, 1.807) is 13.8 Å². The number of rotatable bonds is 3. The van der Waals surface area contributed by atoms with Crippen molar-refractivity contribution in [3.05, 3.63) is 29.8 Å². The summed E-state index contributed by atoms with van der Waals surface area (Å²) in [7, 11) is 1.48. The van der Waals surface area contributed by atoms with Crippen molar-refractivity contribution in [1.82, 2.24) is 4.90 Å². The van der Waals surface area contributed by atoms with Gasteiger partial charge >= 0.3 is 12.2 Å². The Morgan fingerprint density at radius 3 is 2.15 bits per heavy atom. The van der Waals surface area contributed by atoms with Gasteiger partial charge in [-0.3, -0.25) is 0 Å². The molecule has 0 aliphatic heterocycles. The third-order valence-corrected chi connectivity index (χ3v) is 2.43. The largest absolute Gasteiger partial charge is 0.416 e. The molecule has 4 nitrogen and oxygen atoms in total. The van der Waals surface area contributed by atoms with Gasteiger partial charge in [-0.1, -0.05) is 0 Å². The normalized spacial score (nSPS) is 12.2. The van der Waals surface area contributed by atoms with Crippen molar-refractivity contribution in [2.75, 3.05) is 18.9 Å². The van der Waals surface area contributed by atoms with Crippen molar-refractivity contribution >= 4 is 11.7 Å². The summed E-state index contributed by atoms with van der Waals surface area (Å²) in [5, 5.41) is 12.0. The van der Waals surface area contributed by atoms with Crippen LogP contribution in [0, 0.1) is 0 Å². The molecule has 0 aliphatic rings. The summed E-state index contributed by atoms with van der Waals surface area (Å²) in [6, 6.07) is 3.64. The van der Waals surface area contributed by atoms with E-state index in [-0.39, 0.29) is 12.2 Å². The maximum atomic E-state index is 12.4. The van der Waals surface area contributed by atoms with Crippen LogP contribution in [0.25, 0.3) is 0 Å². The zero-order valence-electron chi connectivity index (χ0n) is 11.5. The Labute approximate surface area is 115 Å². The molecule has 0 atom stereocenters. The summed E-state index contributed by atoms with van der Waals surface area (Å²) >= 11 is 0. The van der Waals surface area contributed by atoms with Crippen LogP contribution in [0.3, 0.4) is 0 Å². The highest BCUT2D eigenvalue weighted by Gasteiger charge is 2.30. The summed E-state index contributed by atoms with van der Waals surface area (Å²) in [5.74, 6) is 0. The van der Waals surface area contributed by atoms with Crippen molar-refractivity contribution in [2.45, 2.75) is 25.6 Å². The molecule has 1 aromatic rings. The molecule has 0 saturated carbocycles. The molecular weight excluding hydrogens is 273 g/mol. The van der Waals surface area contributed by atoms with Gasteiger partial charge < -0.3 is 15.3 Å². The zero-order valence-corrected chi connectivity index (χ0v) is 11.5. The molecule has 0 spiro atoms. The minimum absolute atomic E-state index is 0.0967. The quantitative estimate of drug-likeness (QED) is 0.899. The molecule has 20 heavy (non-hydrogen) atoms. The number of anilines is 1. The predicted octanol–water partition coefficient (Wildman–Crippen LogP) is 2.94. The molecule has 0 saturated heterocycles. The number of likely N-dealkylation sites (N-methyl/N-ethyl adjacent to an activating group) is 1. The molecule has 7 heteroatoms. The Hall–Kier alpha value is -1.76. The third-order valence-electron chi connectivity index (χ3n) is 2.43. The molecule has 1 aromatic carbocycles. The second-order valence-corrected chi connectivity index (χ2v) is 5.17. The minimum Gasteiger partial charge on any atom is -0.389 e. The number of amides is 2. The number of carbonyl (C=O) groups excluding carboxylic acids is 1. The lowest BCUT2D eigenvalue weighted by Gasteiger charge is -2.25. The standard InChI is InChI=1S/C13H17F3N2O2/c1-12(2,20)8-18(3)11(19)17-10-6-4-9(5-7-10)13(14,15)16/h4-7,20H,8H2,1-3H3,(H,17,19). The van der Waals surface area contributed by atoms with E-state index in [2.05, 4.69) is 5.32 Å². The third kappa shape index (κ3) is 5.08. The molecule has 0 fully saturated rings. The lowest BCUT2D eigenvalue weighted by atomic mass is 10.1. The Morgan fingerprint density at radius 2 is 1.75 bits per heavy atom. The van der Waals surface area contributed by atoms with E-state index in [9.17, 15) is 23.1 Å². The van der Waals surface area contributed by atoms with Crippen molar-refractivity contribution < 1.29 is 23.1 Å². The van der Waals surface area contributed by atoms with Crippen LogP contribution in [0.5, 0.6) is 0 Å². The molecule has 112 valence electrons. The van der Waals surface area contributed by atoms with Gasteiger partial charge in [-0.05, 0) is 38.1 Å². The average molecular weight is 290 g/mol. The Balaban J connectivity index is 2.67. The van der Waals surface area contributed by atoms with Crippen molar-refractivity contribution in [3.8, 4) is 0 Å². The summed E-state index contributed by atoms with van der Waals surface area (Å²) in [6.07, 6.45) is -4.40. The first-order valence-corrected chi connectivity index (χ1v) is 5.91. The van der Waals surface area contributed by atoms with E-state index in [0.717, 1.165) is 12.1 Å². The van der Waals surface area contributed by atoms with E-state index in [1.165, 1.54) is 24.1 Å². The van der Waals surface area contributed by atoms with Crippen LogP contribution in [-0.4, -0.2) is 35.2 Å². The summed E-state index contributed by atoms with van der Waals surface area (Å²) in [6.45, 7) is 3.20. The van der Waals surface area contributed by atoms with E-state index in [4.69, 9.17) is 0 Å². The van der Waals surface area contributed by atoms with Crippen LogP contribution < -0.4 is 5.32 Å². The van der Waals surface area contributed by atoms with E-state index in [0.29, 0.717) is 0 Å². The lowest BCUT2D eigenvalue weighted by Crippen LogP contribution is -2.41. The topological polar surface area (TPSA) is 52.6 Å². The van der Waals surface area contributed by atoms with Crippen LogP contribution in [0.1, 0.15) is 19.4 Å². The number of nitrogens with one attached hydrogen (secondary N) is 1. The van der Waals surface area contributed by atoms with Crippen LogP contribution in [0.2, 0.25) is 0 Å². The Kier molecular flexibility index (Phi) is 4.65. The first kappa shape index (κ1) is 16.3. The second-order valence-electron chi connectivity index (χ2n) is 5.17. The van der Waals surface area contributed by atoms with Gasteiger partial charge in [0.05, 0.1) is 17.7 Å². The van der Waals surface area contributed by atoms with Gasteiger partial charge in [-0.25, -0.2) is 4.79 Å². The highest BCUT2D eigenvalue weighted by molar-refractivity contribution is 5.89. The molecule has 2 amide bonds. The smallest absolute Gasteiger partial charge is 0.389 e. The highest BCUT2D eigenvalue weighted by Crippen LogP contribution is 2.29. The monoisotopic (exact) mass is 290 g/mol. The number of alkyl halides is 3. The number of benzene rings is 1. The average Bonchev–Trinajstić information content (AvgIpc) is 2.26. The Morgan fingerprint density at radius 1 is 1.25 bits per heavy atom. The SMILES string of the molecule is CN(CC(C)(C)O)C(=O)Nc1ccc(C(F)(F)F)cc1. The lowest BCUT2D eigenvalue weighted by molar-refractivity contribution is -0.137. The fourth-order valence-electron chi connectivity index (χ4n) is 1.61. The zero-order chi connectivity index (χ0) is 15.6. The van der Waals surface area contributed by atoms with E-state index in [1.807, 2.05) is 0 Å². The highest BCUT2D eigenvalue weighted by atomic mass is 19.4. The number of aliphatic hydroxyl groups is 1. The molecule has 2 N–H and O–H groups in total. The fraction of sp³-hybridized carbons (Fsp3) is 0.462. The summed E-state index contributed by atoms with van der Waals surface area (Å²) < 4.78 is 37.1. The first-order chi connectivity index (χ1) is 8.99. The van der Waals surface area contributed by atoms with Crippen LogP contribution in [0.15, 0.2) is 24.3 Å². The van der Waals surface area contributed by atoms with Gasteiger partial charge in [0.2, 0.25) is 0 Å². The summed E-state index contributed by atoms with van der Waals surface area (Å²) in [4.78, 5) is 13.0. The van der Waals surface area contributed by atoms with E-state index < -0.39 is 23.4 Å². The minimum atomic E-state index is -4.40. The first-order valence-electron chi connectivity index (χ1n) is 5.91. The van der Waals surface area contributed by atoms with Gasteiger partial charge in [0, 0.05) is 12.7 Å². The Bertz CT molecular complexity index is 464. The number of carbonyl (C=O) groups is 1. The molecule has 0 aromatic heterocycles. The number of hydrogen-bond donors (Lipinski definition) is 2. The van der Waals surface area contributed by atoms with Gasteiger partial charge in [0.25, 0.3) is 0 Å². The van der Waals surface area contributed by atoms with Gasteiger partial charge in [-0.2, -0.15) is 13.2 Å². The van der Waals surface area contributed by atoms with Crippen LogP contribution in [-0.2, 0) is 6.18 Å². The predicted molar refractivity (Wildman–Crippen MR) is 69.4 cm³/mol. The number of nitrogens with zero attached hydrogens (tertiary/aromatic N) is 1. The maximum Gasteiger partial charge on any atom is 0.416 e. The molecule has 1 rings (SSSR count). The summed E-state index contributed by atoms with van der Waals surface area (Å²) in [5.41, 5.74) is -1.57. The number of hydrogen-bond acceptors (Lipinski definition) is 2. The molecule has 0 aliphatic carbocycles. The van der Waals surface area contributed by atoms with Gasteiger partial charge in [0.1, 0.15) is 0 Å². The van der Waals surface area contributed by atoms with Crippen molar-refractivity contribution in [1.29, 1.82) is 0 Å². The van der Waals surface area contributed by atoms with Crippen LogP contribution >= 0.6 is 0 Å². The molecule has 0 unspecified atom stereocenters. The molecule has 0 bridgehead atoms. The molecular formula is C13H17F3N2O2. The van der Waals surface area contributed by atoms with Gasteiger partial charge in [-0.15, -0.1) is 0 Å². The molecule has 0 heterocycles. The maximum absolute atomic E-state index is 12.4. The number of halogens is 3. The van der Waals surface area contributed by atoms with E-state index >= 15 is 0 Å². The van der Waals surface area contributed by atoms with Crippen LogP contribution in [0.4, 0.5) is 23.7 Å². The van der Waals surface area contributed by atoms with Crippen molar-refractivity contribution in [2.24, 2.45) is 0 Å². The fourth-order valence-corrected chi connectivity index (χ4v) is 1.61. The molecule has 0 radical (unpaired) electrons. The van der Waals surface area contributed by atoms with Crippen molar-refractivity contribution in [3.63, 3.8) is 0 Å².